The molecule has 0 spiro atoms. The van der Waals surface area contributed by atoms with Gasteiger partial charge in [-0.05, 0) is 30.2 Å². The van der Waals surface area contributed by atoms with Crippen LogP contribution in [0.25, 0.3) is 10.9 Å². The van der Waals surface area contributed by atoms with Crippen LogP contribution in [0.3, 0.4) is 0 Å². The number of benzene rings is 2. The Hall–Kier alpha value is -3.24. The van der Waals surface area contributed by atoms with Gasteiger partial charge in [0.05, 0.1) is 4.92 Å². The van der Waals surface area contributed by atoms with Crippen LogP contribution in [0.5, 0.6) is 11.5 Å². The fourth-order valence-corrected chi connectivity index (χ4v) is 3.07. The Labute approximate surface area is 165 Å². The van der Waals surface area contributed by atoms with E-state index in [4.69, 9.17) is 4.74 Å². The zero-order valence-corrected chi connectivity index (χ0v) is 15.3. The number of non-ortho nitro benzene ring substituents is 1. The van der Waals surface area contributed by atoms with Crippen LogP contribution in [0.15, 0.2) is 36.5 Å². The summed E-state index contributed by atoms with van der Waals surface area (Å²) in [6.07, 6.45) is -7.51. The summed E-state index contributed by atoms with van der Waals surface area (Å²) >= 11 is 0. The highest BCUT2D eigenvalue weighted by atomic mass is 19.4. The molecule has 1 heterocycles. The maximum atomic E-state index is 13.5. The van der Waals surface area contributed by atoms with Crippen LogP contribution >= 0.6 is 0 Å². The van der Waals surface area contributed by atoms with Gasteiger partial charge in [0.2, 0.25) is 0 Å². The Morgan fingerprint density at radius 2 is 1.63 bits per heavy atom. The van der Waals surface area contributed by atoms with Gasteiger partial charge in [0, 0.05) is 29.2 Å². The molecule has 0 aliphatic rings. The van der Waals surface area contributed by atoms with E-state index in [-0.39, 0.29) is 17.9 Å². The van der Waals surface area contributed by atoms with Crippen molar-refractivity contribution in [3.63, 3.8) is 0 Å². The second kappa shape index (κ2) is 7.54. The zero-order valence-electron chi connectivity index (χ0n) is 15.3. The lowest BCUT2D eigenvalue weighted by Crippen LogP contribution is -2.15. The molecule has 3 rings (SSSR count). The first-order valence-electron chi connectivity index (χ1n) is 8.66. The molecular weight excluding hydrogens is 418 g/mol. The maximum Gasteiger partial charge on any atom is 0.420 e. The Morgan fingerprint density at radius 1 is 1.03 bits per heavy atom. The fourth-order valence-electron chi connectivity index (χ4n) is 3.07. The Kier molecular flexibility index (Phi) is 5.40. The maximum absolute atomic E-state index is 13.5. The molecule has 3 aromatic rings. The van der Waals surface area contributed by atoms with E-state index < -0.39 is 39.8 Å². The van der Waals surface area contributed by atoms with Crippen LogP contribution in [0.4, 0.5) is 32.0 Å². The van der Waals surface area contributed by atoms with E-state index in [9.17, 15) is 36.5 Å². The van der Waals surface area contributed by atoms with Crippen molar-refractivity contribution in [3.8, 4) is 11.5 Å². The zero-order chi connectivity index (χ0) is 22.3. The molecule has 1 aromatic heterocycles. The molecular formula is C19H14F6N2O3. The smallest absolute Gasteiger partial charge is 0.420 e. The van der Waals surface area contributed by atoms with E-state index in [0.717, 1.165) is 12.0 Å². The van der Waals surface area contributed by atoms with Crippen LogP contribution in [0, 0.1) is 10.1 Å². The monoisotopic (exact) mass is 432 g/mol. The number of halogens is 6. The van der Waals surface area contributed by atoms with E-state index >= 15 is 0 Å². The van der Waals surface area contributed by atoms with Gasteiger partial charge in [-0.15, -0.1) is 0 Å². The molecule has 0 saturated carbocycles. The summed E-state index contributed by atoms with van der Waals surface area (Å²) in [5.41, 5.74) is -3.64. The third kappa shape index (κ3) is 4.19. The van der Waals surface area contributed by atoms with E-state index in [1.54, 1.807) is 6.20 Å². The van der Waals surface area contributed by atoms with Crippen molar-refractivity contribution in [1.82, 2.24) is 4.98 Å². The van der Waals surface area contributed by atoms with Crippen LogP contribution in [-0.4, -0.2) is 9.91 Å². The lowest BCUT2D eigenvalue weighted by Gasteiger charge is -2.19. The van der Waals surface area contributed by atoms with E-state index in [2.05, 4.69) is 4.98 Å². The highest BCUT2D eigenvalue weighted by Gasteiger charge is 2.44. The van der Waals surface area contributed by atoms with Crippen molar-refractivity contribution in [3.05, 3.63) is 63.3 Å². The van der Waals surface area contributed by atoms with Crippen LogP contribution < -0.4 is 4.74 Å². The molecule has 0 amide bonds. The number of rotatable bonds is 5. The van der Waals surface area contributed by atoms with Gasteiger partial charge < -0.3 is 9.72 Å². The molecule has 5 nitrogen and oxygen atoms in total. The standard InChI is InChI=1S/C19H14F6N2O3/c1-2-3-10-9-26-16-5-4-12(8-13(10)16)30-17-14(18(20,21)22)6-11(27(28)29)7-15(17)19(23,24)25/h4-9,26H,2-3H2,1H3. The van der Waals surface area contributed by atoms with Gasteiger partial charge in [-0.2, -0.15) is 26.3 Å². The van der Waals surface area contributed by atoms with E-state index in [1.165, 1.54) is 18.2 Å². The van der Waals surface area contributed by atoms with Crippen LogP contribution in [0.1, 0.15) is 30.0 Å². The number of H-pyrrole nitrogens is 1. The molecule has 0 radical (unpaired) electrons. The first-order chi connectivity index (χ1) is 13.9. The number of hydrogen-bond acceptors (Lipinski definition) is 3. The number of nitrogens with one attached hydrogen (secondary N) is 1. The molecule has 1 N–H and O–H groups in total. The van der Waals surface area contributed by atoms with Crippen LogP contribution in [0.2, 0.25) is 0 Å². The molecule has 0 bridgehead atoms. The molecule has 0 aliphatic heterocycles. The van der Waals surface area contributed by atoms with Crippen molar-refractivity contribution >= 4 is 16.6 Å². The van der Waals surface area contributed by atoms with Crippen molar-refractivity contribution in [2.24, 2.45) is 0 Å². The quantitative estimate of drug-likeness (QED) is 0.272. The summed E-state index contributed by atoms with van der Waals surface area (Å²) in [5.74, 6) is -1.79. The molecule has 0 aliphatic carbocycles. The highest BCUT2D eigenvalue weighted by Crippen LogP contribution is 2.48. The predicted molar refractivity (Wildman–Crippen MR) is 95.5 cm³/mol. The molecule has 0 saturated heterocycles. The molecule has 0 fully saturated rings. The van der Waals surface area contributed by atoms with Gasteiger partial charge in [0.15, 0.2) is 5.75 Å². The highest BCUT2D eigenvalue weighted by molar-refractivity contribution is 5.84. The van der Waals surface area contributed by atoms with Gasteiger partial charge >= 0.3 is 12.4 Å². The summed E-state index contributed by atoms with van der Waals surface area (Å²) in [6, 6.07) is 4.08. The lowest BCUT2D eigenvalue weighted by molar-refractivity contribution is -0.385. The third-order valence-electron chi connectivity index (χ3n) is 4.37. The number of aryl methyl sites for hydroxylation is 1. The van der Waals surface area contributed by atoms with Gasteiger partial charge in [-0.25, -0.2) is 0 Å². The number of alkyl halides is 6. The summed E-state index contributed by atoms with van der Waals surface area (Å²) in [4.78, 5) is 12.5. The van der Waals surface area contributed by atoms with E-state index in [1.807, 2.05) is 6.92 Å². The minimum absolute atomic E-state index is 0.0297. The van der Waals surface area contributed by atoms with Gasteiger partial charge in [-0.3, -0.25) is 10.1 Å². The largest absolute Gasteiger partial charge is 0.456 e. The molecule has 30 heavy (non-hydrogen) atoms. The van der Waals surface area contributed by atoms with Crippen molar-refractivity contribution in [2.45, 2.75) is 32.1 Å². The SMILES string of the molecule is CCCc1c[nH]c2ccc(Oc3c(C(F)(F)F)cc([N+](=O)[O-])cc3C(F)(F)F)cc12. The van der Waals surface area contributed by atoms with Crippen molar-refractivity contribution < 1.29 is 36.0 Å². The number of nitro benzene ring substituents is 1. The molecule has 2 aromatic carbocycles. The minimum atomic E-state index is -5.31. The Balaban J connectivity index is 2.20. The lowest BCUT2D eigenvalue weighted by atomic mass is 10.1. The number of fused-ring (bicyclic) bond motifs is 1. The summed E-state index contributed by atoms with van der Waals surface area (Å²) < 4.78 is 85.8. The molecule has 11 heteroatoms. The van der Waals surface area contributed by atoms with Crippen molar-refractivity contribution in [1.29, 1.82) is 0 Å². The fraction of sp³-hybridized carbons (Fsp3) is 0.263. The van der Waals surface area contributed by atoms with Gasteiger partial charge in [-0.1, -0.05) is 13.3 Å². The molecule has 160 valence electrons. The summed E-state index contributed by atoms with van der Waals surface area (Å²) in [5, 5.41) is 11.5. The Morgan fingerprint density at radius 3 is 2.13 bits per heavy atom. The molecule has 0 unspecified atom stereocenters. The first kappa shape index (κ1) is 21.5. The first-order valence-corrected chi connectivity index (χ1v) is 8.66. The van der Waals surface area contributed by atoms with Crippen molar-refractivity contribution in [2.75, 3.05) is 0 Å². The number of nitrogens with zero attached hydrogens (tertiary/aromatic N) is 1. The number of aromatic nitrogens is 1. The molecule has 0 atom stereocenters. The summed E-state index contributed by atoms with van der Waals surface area (Å²) in [7, 11) is 0. The number of hydrogen-bond donors (Lipinski definition) is 1. The predicted octanol–water partition coefficient (Wildman–Crippen LogP) is 6.86. The topological polar surface area (TPSA) is 68.2 Å². The second-order valence-corrected chi connectivity index (χ2v) is 6.50. The average molecular weight is 432 g/mol. The normalized spacial score (nSPS) is 12.4. The van der Waals surface area contributed by atoms with E-state index in [0.29, 0.717) is 17.3 Å². The van der Waals surface area contributed by atoms with Gasteiger partial charge in [0.1, 0.15) is 16.9 Å². The number of ether oxygens (including phenoxy) is 1. The minimum Gasteiger partial charge on any atom is -0.456 e. The number of aromatic amines is 1. The second-order valence-electron chi connectivity index (χ2n) is 6.50. The number of nitro groups is 1. The Bertz CT molecular complexity index is 1070. The average Bonchev–Trinajstić information content (AvgIpc) is 3.02. The third-order valence-corrected chi connectivity index (χ3v) is 4.37. The summed E-state index contributed by atoms with van der Waals surface area (Å²) in [6.45, 7) is 1.92. The van der Waals surface area contributed by atoms with Gasteiger partial charge in [0.25, 0.3) is 5.69 Å². The van der Waals surface area contributed by atoms with Crippen LogP contribution in [-0.2, 0) is 18.8 Å².